The third-order valence-electron chi connectivity index (χ3n) is 2.15. The summed E-state index contributed by atoms with van der Waals surface area (Å²) >= 11 is 17.6. The molecule has 0 fully saturated rings. The lowest BCUT2D eigenvalue weighted by atomic mass is 10.1. The predicted molar refractivity (Wildman–Crippen MR) is 81.9 cm³/mol. The minimum Gasteiger partial charge on any atom is -0.207 e. The second kappa shape index (κ2) is 5.70. The lowest BCUT2D eigenvalue weighted by molar-refractivity contribution is 0.613. The smallest absolute Gasteiger partial charge is 0.127 e. The van der Waals surface area contributed by atoms with Crippen molar-refractivity contribution in [2.45, 2.75) is 4.83 Å². The largest absolute Gasteiger partial charge is 0.207 e. The first-order chi connectivity index (χ1) is 7.99. The van der Waals surface area contributed by atoms with Gasteiger partial charge in [-0.1, -0.05) is 43.5 Å². The van der Waals surface area contributed by atoms with Gasteiger partial charge in [-0.15, -0.1) is 11.3 Å². The molecule has 1 aromatic heterocycles. The molecular weight excluding hydrogens is 458 g/mol. The molecule has 0 amide bonds. The van der Waals surface area contributed by atoms with Crippen molar-refractivity contribution >= 4 is 70.7 Å². The number of hydrogen-bond donors (Lipinski definition) is 0. The Bertz CT molecular complexity index is 536. The van der Waals surface area contributed by atoms with Crippen LogP contribution >= 0.6 is 70.7 Å². The summed E-state index contributed by atoms with van der Waals surface area (Å²) in [6, 6.07) is 6.71. The van der Waals surface area contributed by atoms with E-state index in [9.17, 15) is 4.39 Å². The zero-order valence-corrected chi connectivity index (χ0v) is 14.5. The van der Waals surface area contributed by atoms with E-state index in [0.29, 0.717) is 10.6 Å². The summed E-state index contributed by atoms with van der Waals surface area (Å²) in [4.78, 5) is 0.757. The Morgan fingerprint density at radius 3 is 2.53 bits per heavy atom. The van der Waals surface area contributed by atoms with Gasteiger partial charge < -0.3 is 0 Å². The first-order valence-corrected chi connectivity index (χ1v) is 8.22. The molecule has 0 aliphatic carbocycles. The molecule has 0 bridgehead atoms. The molecule has 2 aromatic rings. The lowest BCUT2D eigenvalue weighted by Gasteiger charge is -2.09. The maximum absolute atomic E-state index is 13.7. The minimum atomic E-state index is -0.240. The van der Waals surface area contributed by atoms with Crippen molar-refractivity contribution in [2.75, 3.05) is 0 Å². The number of thiophene rings is 1. The summed E-state index contributed by atoms with van der Waals surface area (Å²) in [6.45, 7) is 0. The normalized spacial score (nSPS) is 12.8. The maximum Gasteiger partial charge on any atom is 0.127 e. The highest BCUT2D eigenvalue weighted by atomic mass is 79.9. The fraction of sp³-hybridized carbons (Fsp3) is 0.0909. The fourth-order valence-electron chi connectivity index (χ4n) is 1.35. The van der Waals surface area contributed by atoms with Gasteiger partial charge in [0.05, 0.1) is 13.6 Å². The molecule has 1 heterocycles. The molecule has 0 aliphatic heterocycles. The van der Waals surface area contributed by atoms with Gasteiger partial charge in [-0.3, -0.25) is 0 Å². The van der Waals surface area contributed by atoms with Crippen molar-refractivity contribution < 1.29 is 4.39 Å². The van der Waals surface area contributed by atoms with E-state index in [1.165, 1.54) is 17.4 Å². The SMILES string of the molecule is Fc1ccc(Br)cc1C(Br)c1cc(Cl)c(Br)s1. The molecule has 1 atom stereocenters. The van der Waals surface area contributed by atoms with Crippen LogP contribution in [0.2, 0.25) is 5.02 Å². The summed E-state index contributed by atoms with van der Waals surface area (Å²) in [7, 11) is 0. The predicted octanol–water partition coefficient (Wildman–Crippen LogP) is 6.55. The number of hydrogen-bond acceptors (Lipinski definition) is 1. The number of alkyl halides is 1. The number of benzene rings is 1. The van der Waals surface area contributed by atoms with Crippen molar-refractivity contribution in [1.29, 1.82) is 0 Å². The van der Waals surface area contributed by atoms with Gasteiger partial charge in [-0.2, -0.15) is 0 Å². The van der Waals surface area contributed by atoms with Crippen molar-refractivity contribution in [1.82, 2.24) is 0 Å². The first kappa shape index (κ1) is 14.0. The molecule has 1 aromatic carbocycles. The first-order valence-electron chi connectivity index (χ1n) is 4.53. The van der Waals surface area contributed by atoms with Gasteiger partial charge >= 0.3 is 0 Å². The monoisotopic (exact) mass is 460 g/mol. The molecule has 0 saturated carbocycles. The minimum absolute atomic E-state index is 0.200. The third-order valence-corrected chi connectivity index (χ3v) is 6.47. The lowest BCUT2D eigenvalue weighted by Crippen LogP contribution is -1.94. The molecule has 6 heteroatoms. The average molecular weight is 463 g/mol. The van der Waals surface area contributed by atoms with Crippen LogP contribution in [0.3, 0.4) is 0 Å². The van der Waals surface area contributed by atoms with E-state index in [1.807, 2.05) is 6.07 Å². The van der Waals surface area contributed by atoms with Crippen LogP contribution in [0.5, 0.6) is 0 Å². The summed E-state index contributed by atoms with van der Waals surface area (Å²) in [5, 5.41) is 0.643. The quantitative estimate of drug-likeness (QED) is 0.443. The van der Waals surface area contributed by atoms with Crippen molar-refractivity contribution in [3.05, 3.63) is 53.8 Å². The van der Waals surface area contributed by atoms with Gasteiger partial charge in [0.25, 0.3) is 0 Å². The molecular formula is C11H5Br3ClFS. The summed E-state index contributed by atoms with van der Waals surface area (Å²) < 4.78 is 15.4. The van der Waals surface area contributed by atoms with Crippen LogP contribution in [0.1, 0.15) is 15.3 Å². The average Bonchev–Trinajstić information content (AvgIpc) is 2.62. The van der Waals surface area contributed by atoms with E-state index in [-0.39, 0.29) is 10.6 Å². The Kier molecular flexibility index (Phi) is 4.69. The van der Waals surface area contributed by atoms with Crippen molar-refractivity contribution in [3.8, 4) is 0 Å². The summed E-state index contributed by atoms with van der Waals surface area (Å²) in [5.41, 5.74) is 0.588. The van der Waals surface area contributed by atoms with Crippen LogP contribution in [0, 0.1) is 5.82 Å². The standard InChI is InChI=1S/C11H5Br3ClFS/c12-5-1-2-8(16)6(3-5)10(13)9-4-7(15)11(14)17-9/h1-4,10H. The van der Waals surface area contributed by atoms with Crippen molar-refractivity contribution in [3.63, 3.8) is 0 Å². The highest BCUT2D eigenvalue weighted by molar-refractivity contribution is 9.11. The van der Waals surface area contributed by atoms with Crippen LogP contribution in [0.4, 0.5) is 4.39 Å². The topological polar surface area (TPSA) is 0 Å². The van der Waals surface area contributed by atoms with Gasteiger partial charge in [0, 0.05) is 14.9 Å². The highest BCUT2D eigenvalue weighted by Gasteiger charge is 2.18. The zero-order chi connectivity index (χ0) is 12.6. The Morgan fingerprint density at radius 1 is 1.24 bits per heavy atom. The Hall–Kier alpha value is 0.580. The van der Waals surface area contributed by atoms with Gasteiger partial charge in [0.1, 0.15) is 5.82 Å². The van der Waals surface area contributed by atoms with Crippen LogP contribution in [-0.2, 0) is 0 Å². The second-order valence-electron chi connectivity index (χ2n) is 3.30. The van der Waals surface area contributed by atoms with E-state index in [4.69, 9.17) is 11.6 Å². The molecule has 17 heavy (non-hydrogen) atoms. The van der Waals surface area contributed by atoms with E-state index in [2.05, 4.69) is 47.8 Å². The number of halogens is 5. The Balaban J connectivity index is 2.42. The molecule has 0 nitrogen and oxygen atoms in total. The molecule has 0 N–H and O–H groups in total. The van der Waals surface area contributed by atoms with Gasteiger partial charge in [0.2, 0.25) is 0 Å². The fourth-order valence-corrected chi connectivity index (χ4v) is 4.24. The maximum atomic E-state index is 13.7. The van der Waals surface area contributed by atoms with E-state index < -0.39 is 0 Å². The second-order valence-corrected chi connectivity index (χ2v) is 7.94. The van der Waals surface area contributed by atoms with Crippen LogP contribution < -0.4 is 0 Å². The molecule has 0 radical (unpaired) electrons. The summed E-state index contributed by atoms with van der Waals surface area (Å²) in [6.07, 6.45) is 0. The molecule has 0 aliphatic rings. The van der Waals surface area contributed by atoms with Gasteiger partial charge in [-0.05, 0) is 40.2 Å². The van der Waals surface area contributed by atoms with Crippen LogP contribution in [0.25, 0.3) is 0 Å². The Labute approximate surface area is 133 Å². The Morgan fingerprint density at radius 2 is 1.94 bits per heavy atom. The number of rotatable bonds is 2. The van der Waals surface area contributed by atoms with Gasteiger partial charge in [-0.25, -0.2) is 4.39 Å². The van der Waals surface area contributed by atoms with E-state index in [1.54, 1.807) is 12.1 Å². The van der Waals surface area contributed by atoms with Crippen LogP contribution in [-0.4, -0.2) is 0 Å². The highest BCUT2D eigenvalue weighted by Crippen LogP contribution is 2.42. The van der Waals surface area contributed by atoms with Gasteiger partial charge in [0.15, 0.2) is 0 Å². The third kappa shape index (κ3) is 3.13. The van der Waals surface area contributed by atoms with Crippen molar-refractivity contribution in [2.24, 2.45) is 0 Å². The molecule has 90 valence electrons. The zero-order valence-electron chi connectivity index (χ0n) is 8.18. The van der Waals surface area contributed by atoms with E-state index >= 15 is 0 Å². The molecule has 1 unspecified atom stereocenters. The molecule has 0 spiro atoms. The van der Waals surface area contributed by atoms with Crippen LogP contribution in [0.15, 0.2) is 32.5 Å². The molecule has 0 saturated heterocycles. The molecule has 2 rings (SSSR count). The summed E-state index contributed by atoms with van der Waals surface area (Å²) in [5.74, 6) is -0.240. The van der Waals surface area contributed by atoms with E-state index in [0.717, 1.165) is 13.1 Å².